The van der Waals surface area contributed by atoms with Gasteiger partial charge in [-0.1, -0.05) is 47.7 Å². The highest BCUT2D eigenvalue weighted by Gasteiger charge is 2.33. The second-order valence-corrected chi connectivity index (χ2v) is 10.6. The fourth-order valence-corrected chi connectivity index (χ4v) is 5.96. The SMILES string of the molecule is C=CCOc1c(I)cc(/C=c2\sc3n(c2=O)[C@H](c2ccc(Cl)cc2)C(C(=O)OCC)=C(C)N=3)cc1OC. The van der Waals surface area contributed by atoms with Crippen molar-refractivity contribution in [3.63, 3.8) is 0 Å². The lowest BCUT2D eigenvalue weighted by Crippen LogP contribution is -2.39. The first-order chi connectivity index (χ1) is 17.8. The standard InChI is InChI=1S/C27H24ClIN2O5S/c1-5-11-36-24-19(29)12-16(13-20(24)34-4)14-21-25(32)31-23(17-7-9-18(28)10-8-17)22(26(33)35-6-2)15(3)30-27(31)37-21/h5,7-10,12-14,23H,1,6,11H2,2-4H3/b21-14-/t23-/m1/s1. The molecule has 0 bridgehead atoms. The van der Waals surface area contributed by atoms with Gasteiger partial charge < -0.3 is 14.2 Å². The largest absolute Gasteiger partial charge is 0.493 e. The van der Waals surface area contributed by atoms with Gasteiger partial charge in [-0.05, 0) is 77.9 Å². The number of aromatic nitrogens is 1. The van der Waals surface area contributed by atoms with Crippen molar-refractivity contribution in [2.75, 3.05) is 20.3 Å². The van der Waals surface area contributed by atoms with Gasteiger partial charge in [0.05, 0.1) is 39.1 Å². The molecule has 0 spiro atoms. The van der Waals surface area contributed by atoms with Crippen LogP contribution in [0.15, 0.2) is 70.1 Å². The fraction of sp³-hybridized carbons (Fsp3) is 0.222. The van der Waals surface area contributed by atoms with E-state index in [0.717, 1.165) is 14.7 Å². The maximum Gasteiger partial charge on any atom is 0.338 e. The van der Waals surface area contributed by atoms with Crippen LogP contribution in [0.3, 0.4) is 0 Å². The van der Waals surface area contributed by atoms with Crippen LogP contribution in [0.2, 0.25) is 5.02 Å². The van der Waals surface area contributed by atoms with Crippen molar-refractivity contribution in [3.8, 4) is 11.5 Å². The van der Waals surface area contributed by atoms with Crippen molar-refractivity contribution in [3.05, 3.63) is 99.7 Å². The molecule has 0 saturated heterocycles. The molecule has 0 amide bonds. The summed E-state index contributed by atoms with van der Waals surface area (Å²) in [6.45, 7) is 7.73. The van der Waals surface area contributed by atoms with E-state index in [0.29, 0.717) is 43.7 Å². The molecule has 1 atom stereocenters. The Bertz CT molecular complexity index is 1570. The highest BCUT2D eigenvalue weighted by molar-refractivity contribution is 14.1. The molecule has 1 aliphatic heterocycles. The van der Waals surface area contributed by atoms with Crippen LogP contribution < -0.4 is 24.4 Å². The number of hydrogen-bond acceptors (Lipinski definition) is 7. The van der Waals surface area contributed by atoms with E-state index in [9.17, 15) is 9.59 Å². The van der Waals surface area contributed by atoms with E-state index >= 15 is 0 Å². The molecule has 0 unspecified atom stereocenters. The maximum atomic E-state index is 13.8. The predicted molar refractivity (Wildman–Crippen MR) is 153 cm³/mol. The van der Waals surface area contributed by atoms with Crippen LogP contribution in [0.4, 0.5) is 0 Å². The zero-order valence-electron chi connectivity index (χ0n) is 20.4. The maximum absolute atomic E-state index is 13.8. The van der Waals surface area contributed by atoms with Gasteiger partial charge >= 0.3 is 5.97 Å². The third kappa shape index (κ3) is 5.53. The lowest BCUT2D eigenvalue weighted by atomic mass is 9.96. The Labute approximate surface area is 236 Å². The first-order valence-corrected chi connectivity index (χ1v) is 13.6. The van der Waals surface area contributed by atoms with Crippen LogP contribution in [-0.2, 0) is 9.53 Å². The Kier molecular flexibility index (Phi) is 8.56. The molecule has 2 heterocycles. The van der Waals surface area contributed by atoms with E-state index in [1.807, 2.05) is 12.1 Å². The van der Waals surface area contributed by atoms with Gasteiger partial charge in [0, 0.05) is 5.02 Å². The molecule has 1 aliphatic rings. The van der Waals surface area contributed by atoms with Crippen molar-refractivity contribution in [1.29, 1.82) is 0 Å². The smallest absolute Gasteiger partial charge is 0.338 e. The third-order valence-electron chi connectivity index (χ3n) is 5.60. The summed E-state index contributed by atoms with van der Waals surface area (Å²) in [4.78, 5) is 31.8. The van der Waals surface area contributed by atoms with Crippen LogP contribution in [0.1, 0.15) is 31.0 Å². The number of benzene rings is 2. The molecule has 10 heteroatoms. The molecule has 0 aliphatic carbocycles. The van der Waals surface area contributed by atoms with Crippen LogP contribution in [0.25, 0.3) is 6.08 Å². The number of allylic oxidation sites excluding steroid dienone is 1. The van der Waals surface area contributed by atoms with Crippen molar-refractivity contribution in [2.45, 2.75) is 19.9 Å². The summed E-state index contributed by atoms with van der Waals surface area (Å²) in [5, 5.41) is 0.554. The Morgan fingerprint density at radius 3 is 2.68 bits per heavy atom. The summed E-state index contributed by atoms with van der Waals surface area (Å²) in [6.07, 6.45) is 3.45. The molecule has 4 rings (SSSR count). The molecule has 3 aromatic rings. The molecule has 1 aromatic heterocycles. The minimum atomic E-state index is -0.695. The summed E-state index contributed by atoms with van der Waals surface area (Å²) in [7, 11) is 1.57. The molecule has 0 N–H and O–H groups in total. The van der Waals surface area contributed by atoms with Crippen LogP contribution in [-0.4, -0.2) is 30.9 Å². The quantitative estimate of drug-likeness (QED) is 0.202. The summed E-state index contributed by atoms with van der Waals surface area (Å²) in [5.74, 6) is 0.652. The molecule has 0 fully saturated rings. The Morgan fingerprint density at radius 2 is 2.03 bits per heavy atom. The number of thiazole rings is 1. The van der Waals surface area contributed by atoms with E-state index in [1.165, 1.54) is 11.3 Å². The second kappa shape index (κ2) is 11.7. The highest BCUT2D eigenvalue weighted by Crippen LogP contribution is 2.34. The van der Waals surface area contributed by atoms with Gasteiger partial charge in [-0.2, -0.15) is 0 Å². The number of ether oxygens (including phenoxy) is 3. The summed E-state index contributed by atoms with van der Waals surface area (Å²) < 4.78 is 19.4. The van der Waals surface area contributed by atoms with Crippen molar-refractivity contribution in [2.24, 2.45) is 4.99 Å². The van der Waals surface area contributed by atoms with Crippen LogP contribution in [0, 0.1) is 3.57 Å². The lowest BCUT2D eigenvalue weighted by molar-refractivity contribution is -0.139. The van der Waals surface area contributed by atoms with Crippen molar-refractivity contribution < 1.29 is 19.0 Å². The van der Waals surface area contributed by atoms with Crippen molar-refractivity contribution >= 4 is 57.6 Å². The summed E-state index contributed by atoms with van der Waals surface area (Å²) in [5.41, 5.74) is 2.06. The van der Waals surface area contributed by atoms with Gasteiger partial charge in [-0.15, -0.1) is 0 Å². The lowest BCUT2D eigenvalue weighted by Gasteiger charge is -2.24. The minimum absolute atomic E-state index is 0.209. The van der Waals surface area contributed by atoms with Crippen LogP contribution in [0.5, 0.6) is 11.5 Å². The normalized spacial score (nSPS) is 15.2. The highest BCUT2D eigenvalue weighted by atomic mass is 127. The average molecular weight is 651 g/mol. The van der Waals surface area contributed by atoms with E-state index in [2.05, 4.69) is 34.2 Å². The third-order valence-corrected chi connectivity index (χ3v) is 7.63. The number of esters is 1. The number of rotatable bonds is 8. The van der Waals surface area contributed by atoms with Gasteiger partial charge in [0.1, 0.15) is 6.61 Å². The number of fused-ring (bicyclic) bond motifs is 1. The molecular weight excluding hydrogens is 627 g/mol. The number of methoxy groups -OCH3 is 1. The topological polar surface area (TPSA) is 79.1 Å². The number of hydrogen-bond donors (Lipinski definition) is 0. The number of halogens is 2. The van der Waals surface area contributed by atoms with Gasteiger partial charge in [0.25, 0.3) is 5.56 Å². The second-order valence-electron chi connectivity index (χ2n) is 7.99. The molecule has 0 radical (unpaired) electrons. The molecule has 37 heavy (non-hydrogen) atoms. The number of nitrogens with zero attached hydrogens (tertiary/aromatic N) is 2. The first-order valence-electron chi connectivity index (χ1n) is 11.3. The molecular formula is C27H24ClIN2O5S. The van der Waals surface area contributed by atoms with E-state index in [1.54, 1.807) is 61.9 Å². The molecule has 7 nitrogen and oxygen atoms in total. The zero-order chi connectivity index (χ0) is 26.7. The van der Waals surface area contributed by atoms with E-state index in [4.69, 9.17) is 25.8 Å². The van der Waals surface area contributed by atoms with E-state index in [-0.39, 0.29) is 12.2 Å². The van der Waals surface area contributed by atoms with Gasteiger partial charge in [0.15, 0.2) is 16.3 Å². The first kappa shape index (κ1) is 27.2. The zero-order valence-corrected chi connectivity index (χ0v) is 24.1. The van der Waals surface area contributed by atoms with Crippen molar-refractivity contribution in [1.82, 2.24) is 4.57 Å². The number of carbonyl (C=O) groups is 1. The van der Waals surface area contributed by atoms with Gasteiger partial charge in [0.2, 0.25) is 0 Å². The molecule has 192 valence electrons. The molecule has 0 saturated carbocycles. The van der Waals surface area contributed by atoms with Crippen LogP contribution >= 0.6 is 45.5 Å². The Morgan fingerprint density at radius 1 is 1.30 bits per heavy atom. The Balaban J connectivity index is 1.90. The predicted octanol–water partition coefficient (Wildman–Crippen LogP) is 4.63. The molecule has 2 aromatic carbocycles. The van der Waals surface area contributed by atoms with Gasteiger partial charge in [-0.25, -0.2) is 9.79 Å². The monoisotopic (exact) mass is 650 g/mol. The average Bonchev–Trinajstić information content (AvgIpc) is 3.17. The Hall–Kier alpha value is -2.89. The summed E-state index contributed by atoms with van der Waals surface area (Å²) >= 11 is 9.54. The fourth-order valence-electron chi connectivity index (χ4n) is 4.01. The minimum Gasteiger partial charge on any atom is -0.493 e. The van der Waals surface area contributed by atoms with E-state index < -0.39 is 12.0 Å². The summed E-state index contributed by atoms with van der Waals surface area (Å²) in [6, 6.07) is 10.1. The number of carbonyl (C=O) groups excluding carboxylic acids is 1. The van der Waals surface area contributed by atoms with Gasteiger partial charge in [-0.3, -0.25) is 9.36 Å².